The number of hydrogen-bond donors (Lipinski definition) is 1. The van der Waals surface area contributed by atoms with Crippen LogP contribution in [0.1, 0.15) is 4.88 Å². The zero-order valence-electron chi connectivity index (χ0n) is 15.2. The molecule has 136 valence electrons. The van der Waals surface area contributed by atoms with Gasteiger partial charge in [0.15, 0.2) is 5.82 Å². The maximum absolute atomic E-state index is 5.48. The highest BCUT2D eigenvalue weighted by Gasteiger charge is 2.14. The van der Waals surface area contributed by atoms with E-state index in [0.29, 0.717) is 11.6 Å². The number of aromatic nitrogens is 3. The number of fused-ring (bicyclic) bond motifs is 1. The van der Waals surface area contributed by atoms with Crippen LogP contribution in [0.15, 0.2) is 48.8 Å². The van der Waals surface area contributed by atoms with Crippen molar-refractivity contribution in [1.29, 1.82) is 0 Å². The molecule has 4 aromatic rings. The molecule has 0 aliphatic heterocycles. The fourth-order valence-corrected chi connectivity index (χ4v) is 3.68. The number of thiophene rings is 1. The molecule has 4 rings (SSSR count). The van der Waals surface area contributed by atoms with Crippen LogP contribution >= 0.6 is 11.3 Å². The number of aryl methyl sites for hydroxylation is 1. The van der Waals surface area contributed by atoms with Crippen LogP contribution in [-0.2, 0) is 0 Å². The molecule has 0 unspecified atom stereocenters. The minimum atomic E-state index is 0.627. The van der Waals surface area contributed by atoms with Crippen molar-refractivity contribution in [2.24, 2.45) is 0 Å². The van der Waals surface area contributed by atoms with Gasteiger partial charge in [0.05, 0.1) is 25.3 Å². The minimum absolute atomic E-state index is 0.627. The molecule has 3 heterocycles. The number of pyridine rings is 1. The second-order valence-corrected chi connectivity index (χ2v) is 7.14. The van der Waals surface area contributed by atoms with Gasteiger partial charge in [0.25, 0.3) is 0 Å². The molecule has 7 heteroatoms. The summed E-state index contributed by atoms with van der Waals surface area (Å²) < 4.78 is 10.8. The van der Waals surface area contributed by atoms with Crippen molar-refractivity contribution in [3.05, 3.63) is 53.7 Å². The van der Waals surface area contributed by atoms with E-state index in [1.54, 1.807) is 38.0 Å². The predicted molar refractivity (Wildman–Crippen MR) is 108 cm³/mol. The standard InChI is InChI=1S/C20H18N4O2S/c1-12-9-15-19(22-16-10-14(25-2)6-7-17(16)26-3)23-18(24-20(15)27-12)13-5-4-8-21-11-13/h4-11H,1-3H3,(H,22,23,24). The van der Waals surface area contributed by atoms with Crippen LogP contribution in [0.5, 0.6) is 11.5 Å². The number of nitrogens with zero attached hydrogens (tertiary/aromatic N) is 3. The maximum Gasteiger partial charge on any atom is 0.164 e. The molecule has 0 radical (unpaired) electrons. The Bertz CT molecular complexity index is 1100. The van der Waals surface area contributed by atoms with Crippen LogP contribution in [0.4, 0.5) is 11.5 Å². The maximum atomic E-state index is 5.48. The van der Waals surface area contributed by atoms with Gasteiger partial charge in [-0.15, -0.1) is 11.3 Å². The van der Waals surface area contributed by atoms with Gasteiger partial charge < -0.3 is 14.8 Å². The topological polar surface area (TPSA) is 69.2 Å². The Morgan fingerprint density at radius 3 is 2.67 bits per heavy atom. The molecule has 3 aromatic heterocycles. The minimum Gasteiger partial charge on any atom is -0.497 e. The SMILES string of the molecule is COc1ccc(OC)c(Nc2nc(-c3cccnc3)nc3sc(C)cc23)c1. The van der Waals surface area contributed by atoms with Gasteiger partial charge >= 0.3 is 0 Å². The zero-order valence-corrected chi connectivity index (χ0v) is 16.0. The molecule has 0 saturated carbocycles. The Hall–Kier alpha value is -3.19. The van der Waals surface area contributed by atoms with E-state index in [9.17, 15) is 0 Å². The van der Waals surface area contributed by atoms with Crippen LogP contribution in [0, 0.1) is 6.92 Å². The van der Waals surface area contributed by atoms with E-state index < -0.39 is 0 Å². The summed E-state index contributed by atoms with van der Waals surface area (Å²) in [5.74, 6) is 2.78. The largest absolute Gasteiger partial charge is 0.497 e. The number of methoxy groups -OCH3 is 2. The summed E-state index contributed by atoms with van der Waals surface area (Å²) in [5, 5.41) is 4.36. The predicted octanol–water partition coefficient (Wildman–Crippen LogP) is 4.82. The average Bonchev–Trinajstić information content (AvgIpc) is 3.09. The molecule has 0 spiro atoms. The van der Waals surface area contributed by atoms with Crippen LogP contribution in [0.3, 0.4) is 0 Å². The van der Waals surface area contributed by atoms with E-state index in [-0.39, 0.29) is 0 Å². The van der Waals surface area contributed by atoms with Crippen molar-refractivity contribution in [3.8, 4) is 22.9 Å². The van der Waals surface area contributed by atoms with Crippen molar-refractivity contribution >= 4 is 33.1 Å². The Labute approximate surface area is 160 Å². The molecule has 0 fully saturated rings. The van der Waals surface area contributed by atoms with Gasteiger partial charge in [-0.25, -0.2) is 9.97 Å². The first-order valence-electron chi connectivity index (χ1n) is 8.35. The van der Waals surface area contributed by atoms with Gasteiger partial charge in [-0.1, -0.05) is 0 Å². The smallest absolute Gasteiger partial charge is 0.164 e. The van der Waals surface area contributed by atoms with Gasteiger partial charge in [0, 0.05) is 28.9 Å². The fraction of sp³-hybridized carbons (Fsp3) is 0.150. The van der Waals surface area contributed by atoms with Crippen LogP contribution in [0.25, 0.3) is 21.6 Å². The lowest BCUT2D eigenvalue weighted by molar-refractivity contribution is 0.405. The molecule has 1 N–H and O–H groups in total. The third-order valence-corrected chi connectivity index (χ3v) is 5.04. The van der Waals surface area contributed by atoms with Gasteiger partial charge in [-0.05, 0) is 37.3 Å². The highest BCUT2D eigenvalue weighted by Crippen LogP contribution is 2.36. The normalized spacial score (nSPS) is 10.8. The zero-order chi connectivity index (χ0) is 18.8. The first kappa shape index (κ1) is 17.2. The van der Waals surface area contributed by atoms with Crippen molar-refractivity contribution in [3.63, 3.8) is 0 Å². The second-order valence-electron chi connectivity index (χ2n) is 5.90. The van der Waals surface area contributed by atoms with Crippen molar-refractivity contribution < 1.29 is 9.47 Å². The molecule has 27 heavy (non-hydrogen) atoms. The Morgan fingerprint density at radius 1 is 1.04 bits per heavy atom. The van der Waals surface area contributed by atoms with E-state index in [4.69, 9.17) is 19.4 Å². The Morgan fingerprint density at radius 2 is 1.93 bits per heavy atom. The summed E-state index contributed by atoms with van der Waals surface area (Å²) in [6.45, 7) is 2.06. The van der Waals surface area contributed by atoms with Crippen molar-refractivity contribution in [2.75, 3.05) is 19.5 Å². The first-order valence-corrected chi connectivity index (χ1v) is 9.17. The quantitative estimate of drug-likeness (QED) is 0.537. The van der Waals surface area contributed by atoms with Crippen LogP contribution in [0.2, 0.25) is 0 Å². The van der Waals surface area contributed by atoms with Crippen LogP contribution in [-0.4, -0.2) is 29.2 Å². The van der Waals surface area contributed by atoms with E-state index >= 15 is 0 Å². The molecule has 0 amide bonds. The van der Waals surface area contributed by atoms with Crippen LogP contribution < -0.4 is 14.8 Å². The molecule has 1 aromatic carbocycles. The Kier molecular flexibility index (Phi) is 4.60. The molecule has 0 atom stereocenters. The summed E-state index contributed by atoms with van der Waals surface area (Å²) in [5.41, 5.74) is 1.64. The second kappa shape index (κ2) is 7.20. The molecule has 0 bridgehead atoms. The monoisotopic (exact) mass is 378 g/mol. The van der Waals surface area contributed by atoms with Gasteiger partial charge in [0.1, 0.15) is 22.1 Å². The summed E-state index contributed by atoms with van der Waals surface area (Å²) in [6, 6.07) is 11.5. The van der Waals surface area contributed by atoms with Gasteiger partial charge in [-0.3, -0.25) is 4.98 Å². The molecule has 0 aliphatic carbocycles. The third-order valence-electron chi connectivity index (χ3n) is 4.10. The molecule has 0 saturated heterocycles. The summed E-state index contributed by atoms with van der Waals surface area (Å²) in [6.07, 6.45) is 3.50. The molecular weight excluding hydrogens is 360 g/mol. The molecule has 6 nitrogen and oxygen atoms in total. The highest BCUT2D eigenvalue weighted by atomic mass is 32.1. The third kappa shape index (κ3) is 3.41. The van der Waals surface area contributed by atoms with Gasteiger partial charge in [-0.2, -0.15) is 0 Å². The van der Waals surface area contributed by atoms with Crippen molar-refractivity contribution in [2.45, 2.75) is 6.92 Å². The number of benzene rings is 1. The Balaban J connectivity index is 1.86. The number of nitrogens with one attached hydrogen (secondary N) is 1. The number of hydrogen-bond acceptors (Lipinski definition) is 7. The average molecular weight is 378 g/mol. The molecular formula is C20H18N4O2S. The molecule has 0 aliphatic rings. The van der Waals surface area contributed by atoms with E-state index in [1.165, 1.54) is 4.88 Å². The lowest BCUT2D eigenvalue weighted by atomic mass is 10.2. The van der Waals surface area contributed by atoms with Crippen molar-refractivity contribution in [1.82, 2.24) is 15.0 Å². The first-order chi connectivity index (χ1) is 13.2. The number of anilines is 2. The van der Waals surface area contributed by atoms with E-state index in [2.05, 4.69) is 23.3 Å². The summed E-state index contributed by atoms with van der Waals surface area (Å²) in [7, 11) is 3.27. The number of rotatable bonds is 5. The highest BCUT2D eigenvalue weighted by molar-refractivity contribution is 7.18. The lowest BCUT2D eigenvalue weighted by Crippen LogP contribution is -2.00. The lowest BCUT2D eigenvalue weighted by Gasteiger charge is -2.13. The fourth-order valence-electron chi connectivity index (χ4n) is 2.80. The van der Waals surface area contributed by atoms with E-state index in [0.717, 1.165) is 33.0 Å². The summed E-state index contributed by atoms with van der Waals surface area (Å²) in [4.78, 5) is 15.7. The number of ether oxygens (including phenoxy) is 2. The van der Waals surface area contributed by atoms with Gasteiger partial charge in [0.2, 0.25) is 0 Å². The summed E-state index contributed by atoms with van der Waals surface area (Å²) >= 11 is 1.64. The van der Waals surface area contributed by atoms with E-state index in [1.807, 2.05) is 30.3 Å².